The molecule has 3 aromatic rings. The van der Waals surface area contributed by atoms with E-state index in [0.29, 0.717) is 36.4 Å². The van der Waals surface area contributed by atoms with Crippen molar-refractivity contribution in [2.24, 2.45) is 17.8 Å². The summed E-state index contributed by atoms with van der Waals surface area (Å²) >= 11 is 0. The Hall–Kier alpha value is -3.27. The Bertz CT molecular complexity index is 1230. The topological polar surface area (TPSA) is 129 Å². The zero-order valence-electron chi connectivity index (χ0n) is 19.9. The number of hydrogen-bond acceptors (Lipinski definition) is 8. The third kappa shape index (κ3) is 4.09. The van der Waals surface area contributed by atoms with Crippen LogP contribution in [-0.4, -0.2) is 68.3 Å². The summed E-state index contributed by atoms with van der Waals surface area (Å²) in [5.74, 6) is 1.50. The molecule has 10 heteroatoms. The Labute approximate surface area is 203 Å². The highest BCUT2D eigenvalue weighted by molar-refractivity contribution is 5.88. The third-order valence-corrected chi connectivity index (χ3v) is 7.90. The third-order valence-electron chi connectivity index (χ3n) is 7.90. The molecule has 4 aliphatic rings. The van der Waals surface area contributed by atoms with Crippen LogP contribution in [0.2, 0.25) is 0 Å². The van der Waals surface area contributed by atoms with E-state index in [9.17, 15) is 9.90 Å². The molecule has 1 saturated heterocycles. The molecule has 4 fully saturated rings. The fourth-order valence-corrected chi connectivity index (χ4v) is 6.04. The van der Waals surface area contributed by atoms with Crippen molar-refractivity contribution in [3.63, 3.8) is 0 Å². The molecule has 3 aliphatic carbocycles. The minimum absolute atomic E-state index is 0.130. The molecule has 0 radical (unpaired) electrons. The molecule has 3 aromatic heterocycles. The van der Waals surface area contributed by atoms with Gasteiger partial charge < -0.3 is 25.0 Å². The molecule has 2 atom stereocenters. The van der Waals surface area contributed by atoms with Crippen LogP contribution in [0.4, 0.5) is 11.6 Å². The van der Waals surface area contributed by atoms with E-state index in [1.807, 2.05) is 12.3 Å². The SMILES string of the molecule is CCc1cnc2[nH]cc(-c3nc(NC4C5CCC(CC5)C4C(=O)O)cc(N4CCOCC4)n3)c2n1. The van der Waals surface area contributed by atoms with E-state index in [-0.39, 0.29) is 17.9 Å². The Kier molecular flexibility index (Phi) is 5.75. The molecular weight excluding hydrogens is 446 g/mol. The number of ether oxygens (including phenoxy) is 1. The predicted molar refractivity (Wildman–Crippen MR) is 131 cm³/mol. The number of aryl methyl sites for hydroxylation is 1. The number of anilines is 2. The van der Waals surface area contributed by atoms with Gasteiger partial charge >= 0.3 is 5.97 Å². The van der Waals surface area contributed by atoms with E-state index in [2.05, 4.69) is 27.1 Å². The molecule has 0 amide bonds. The first kappa shape index (κ1) is 22.2. The summed E-state index contributed by atoms with van der Waals surface area (Å²) in [4.78, 5) is 36.7. The van der Waals surface area contributed by atoms with Crippen LogP contribution in [0, 0.1) is 17.8 Å². The Morgan fingerprint density at radius 3 is 2.69 bits per heavy atom. The highest BCUT2D eigenvalue weighted by Crippen LogP contribution is 2.46. The van der Waals surface area contributed by atoms with Crippen LogP contribution in [0.25, 0.3) is 22.6 Å². The molecule has 0 aromatic carbocycles. The van der Waals surface area contributed by atoms with Gasteiger partial charge in [-0.1, -0.05) is 6.92 Å². The Morgan fingerprint density at radius 2 is 1.94 bits per heavy atom. The molecule has 3 saturated carbocycles. The van der Waals surface area contributed by atoms with Crippen molar-refractivity contribution in [3.05, 3.63) is 24.2 Å². The predicted octanol–water partition coefficient (Wildman–Crippen LogP) is 3.12. The standard InChI is InChI=1S/C25H31N7O3/c1-2-16-12-26-24-22(28-16)17(13-27-24)23-30-18(11-19(31-23)32-7-9-35-10-8-32)29-21-15-5-3-14(4-6-15)20(21)25(33)34/h11-15,20-21H,2-10H2,1H3,(H,26,27)(H,33,34)(H,29,30,31). The first-order valence-corrected chi connectivity index (χ1v) is 12.6. The van der Waals surface area contributed by atoms with Gasteiger partial charge in [-0.2, -0.15) is 0 Å². The van der Waals surface area contributed by atoms with Gasteiger partial charge in [0.05, 0.1) is 36.6 Å². The smallest absolute Gasteiger partial charge is 0.308 e. The number of carboxylic acids is 1. The van der Waals surface area contributed by atoms with Crippen molar-refractivity contribution in [1.29, 1.82) is 0 Å². The molecule has 0 spiro atoms. The van der Waals surface area contributed by atoms with Crippen molar-refractivity contribution < 1.29 is 14.6 Å². The highest BCUT2D eigenvalue weighted by atomic mass is 16.5. The van der Waals surface area contributed by atoms with Crippen LogP contribution in [0.5, 0.6) is 0 Å². The average Bonchev–Trinajstić information content (AvgIpc) is 3.33. The number of carboxylic acid groups (broad SMARTS) is 1. The zero-order valence-corrected chi connectivity index (χ0v) is 19.9. The quantitative estimate of drug-likeness (QED) is 0.490. The van der Waals surface area contributed by atoms with Gasteiger partial charge in [0.15, 0.2) is 11.5 Å². The maximum Gasteiger partial charge on any atom is 0.308 e. The molecule has 1 aliphatic heterocycles. The second kappa shape index (κ2) is 9.07. The van der Waals surface area contributed by atoms with E-state index < -0.39 is 5.97 Å². The number of rotatable bonds is 6. The van der Waals surface area contributed by atoms with Gasteiger partial charge in [0.1, 0.15) is 17.2 Å². The lowest BCUT2D eigenvalue weighted by Gasteiger charge is -2.47. The van der Waals surface area contributed by atoms with Gasteiger partial charge in [-0.05, 0) is 43.9 Å². The molecular formula is C25H31N7O3. The fraction of sp³-hybridized carbons (Fsp3) is 0.560. The summed E-state index contributed by atoms with van der Waals surface area (Å²) in [5, 5.41) is 13.6. The summed E-state index contributed by atoms with van der Waals surface area (Å²) < 4.78 is 5.54. The number of nitrogens with one attached hydrogen (secondary N) is 2. The molecule has 2 bridgehead atoms. The lowest BCUT2D eigenvalue weighted by Crippen LogP contribution is -2.51. The van der Waals surface area contributed by atoms with E-state index in [1.165, 1.54) is 0 Å². The molecule has 4 heterocycles. The number of hydrogen-bond donors (Lipinski definition) is 3. The van der Waals surface area contributed by atoms with E-state index in [4.69, 9.17) is 19.7 Å². The summed E-state index contributed by atoms with van der Waals surface area (Å²) in [6, 6.07) is 1.82. The largest absolute Gasteiger partial charge is 0.481 e. The van der Waals surface area contributed by atoms with Gasteiger partial charge in [-0.25, -0.2) is 19.9 Å². The summed E-state index contributed by atoms with van der Waals surface area (Å²) in [6.45, 7) is 4.84. The second-order valence-electron chi connectivity index (χ2n) is 9.86. The van der Waals surface area contributed by atoms with Gasteiger partial charge in [0.25, 0.3) is 0 Å². The number of H-pyrrole nitrogens is 1. The van der Waals surface area contributed by atoms with Crippen molar-refractivity contribution in [2.45, 2.75) is 45.1 Å². The number of aliphatic carboxylic acids is 1. The number of morpholine rings is 1. The number of aromatic amines is 1. The summed E-state index contributed by atoms with van der Waals surface area (Å²) in [6.07, 6.45) is 8.56. The lowest BCUT2D eigenvalue weighted by molar-refractivity contribution is -0.148. The van der Waals surface area contributed by atoms with Crippen LogP contribution in [0.1, 0.15) is 38.3 Å². The second-order valence-corrected chi connectivity index (χ2v) is 9.86. The van der Waals surface area contributed by atoms with Crippen LogP contribution in [-0.2, 0) is 16.0 Å². The van der Waals surface area contributed by atoms with E-state index >= 15 is 0 Å². The number of nitrogens with zero attached hydrogens (tertiary/aromatic N) is 5. The molecule has 3 N–H and O–H groups in total. The Morgan fingerprint density at radius 1 is 1.17 bits per heavy atom. The van der Waals surface area contributed by atoms with Crippen LogP contribution in [0.15, 0.2) is 18.5 Å². The average molecular weight is 478 g/mol. The number of fused-ring (bicyclic) bond motifs is 4. The Balaban J connectivity index is 1.41. The summed E-state index contributed by atoms with van der Waals surface area (Å²) in [7, 11) is 0. The van der Waals surface area contributed by atoms with Gasteiger partial charge in [-0.3, -0.25) is 4.79 Å². The van der Waals surface area contributed by atoms with Gasteiger partial charge in [-0.15, -0.1) is 0 Å². The van der Waals surface area contributed by atoms with Crippen molar-refractivity contribution in [1.82, 2.24) is 24.9 Å². The zero-order chi connectivity index (χ0) is 23.9. The molecule has 7 rings (SSSR count). The molecule has 10 nitrogen and oxygen atoms in total. The van der Waals surface area contributed by atoms with Crippen molar-refractivity contribution in [3.8, 4) is 11.4 Å². The van der Waals surface area contributed by atoms with Crippen LogP contribution in [0.3, 0.4) is 0 Å². The maximum atomic E-state index is 12.2. The van der Waals surface area contributed by atoms with Crippen LogP contribution < -0.4 is 10.2 Å². The van der Waals surface area contributed by atoms with E-state index in [0.717, 1.165) is 67.8 Å². The molecule has 2 unspecified atom stereocenters. The van der Waals surface area contributed by atoms with Gasteiger partial charge in [0.2, 0.25) is 0 Å². The number of aromatic nitrogens is 5. The number of carbonyl (C=O) groups is 1. The first-order chi connectivity index (χ1) is 17.1. The summed E-state index contributed by atoms with van der Waals surface area (Å²) in [5.41, 5.74) is 3.14. The maximum absolute atomic E-state index is 12.2. The van der Waals surface area contributed by atoms with Crippen molar-refractivity contribution >= 4 is 28.8 Å². The van der Waals surface area contributed by atoms with Gasteiger partial charge in [0, 0.05) is 31.4 Å². The molecule has 35 heavy (non-hydrogen) atoms. The van der Waals surface area contributed by atoms with E-state index in [1.54, 1.807) is 6.20 Å². The molecule has 184 valence electrons. The normalized spacial score (nSPS) is 26.3. The highest BCUT2D eigenvalue weighted by Gasteiger charge is 2.47. The minimum atomic E-state index is -0.710. The lowest BCUT2D eigenvalue weighted by atomic mass is 9.61. The first-order valence-electron chi connectivity index (χ1n) is 12.6. The monoisotopic (exact) mass is 477 g/mol. The van der Waals surface area contributed by atoms with Crippen LogP contribution >= 0.6 is 0 Å². The fourth-order valence-electron chi connectivity index (χ4n) is 6.04. The van der Waals surface area contributed by atoms with Crippen molar-refractivity contribution in [2.75, 3.05) is 36.5 Å². The minimum Gasteiger partial charge on any atom is -0.481 e.